The quantitative estimate of drug-likeness (QED) is 0.444. The highest BCUT2D eigenvalue weighted by Crippen LogP contribution is 2.42. The van der Waals surface area contributed by atoms with Gasteiger partial charge in [0, 0.05) is 54.9 Å². The molecule has 1 saturated heterocycles. The first-order chi connectivity index (χ1) is 17.3. The number of amides is 2. The molecule has 0 spiro atoms. The van der Waals surface area contributed by atoms with Crippen molar-refractivity contribution in [3.63, 3.8) is 0 Å². The molecule has 7 heteroatoms. The standard InChI is InChI=1S/C29H28FN3O2S/c1-19-7-6-10-24(20(19)2)32-13-15-33(16-14-32)28(34)22-11-12-26-25(17-22)31(3)29(35)27(36-26)18-21-8-4-5-9-23(21)30/h4-12,17-18H,13-16H2,1-3H3/b27-18+. The van der Waals surface area contributed by atoms with Crippen LogP contribution in [0, 0.1) is 19.7 Å². The molecule has 2 aliphatic heterocycles. The molecular formula is C29H28FN3O2S. The van der Waals surface area contributed by atoms with E-state index in [4.69, 9.17) is 0 Å². The fraction of sp³-hybridized carbons (Fsp3) is 0.241. The summed E-state index contributed by atoms with van der Waals surface area (Å²) in [4.78, 5) is 33.4. The highest BCUT2D eigenvalue weighted by molar-refractivity contribution is 8.04. The number of hydrogen-bond acceptors (Lipinski definition) is 4. The molecule has 5 nitrogen and oxygen atoms in total. The minimum atomic E-state index is -0.370. The number of hydrogen-bond donors (Lipinski definition) is 0. The molecule has 0 N–H and O–H groups in total. The maximum Gasteiger partial charge on any atom is 0.264 e. The molecule has 184 valence electrons. The van der Waals surface area contributed by atoms with Gasteiger partial charge in [-0.3, -0.25) is 9.59 Å². The Labute approximate surface area is 215 Å². The maximum absolute atomic E-state index is 14.1. The summed E-state index contributed by atoms with van der Waals surface area (Å²) in [5.74, 6) is -0.620. The molecule has 0 aliphatic carbocycles. The summed E-state index contributed by atoms with van der Waals surface area (Å²) in [6.45, 7) is 7.10. The fourth-order valence-electron chi connectivity index (χ4n) is 4.67. The summed E-state index contributed by atoms with van der Waals surface area (Å²) >= 11 is 1.30. The second-order valence-electron chi connectivity index (χ2n) is 9.18. The van der Waals surface area contributed by atoms with Gasteiger partial charge in [0.1, 0.15) is 5.82 Å². The summed E-state index contributed by atoms with van der Waals surface area (Å²) in [6, 6.07) is 18.2. The topological polar surface area (TPSA) is 43.9 Å². The molecule has 0 aromatic heterocycles. The third kappa shape index (κ3) is 4.51. The van der Waals surface area contributed by atoms with E-state index in [1.165, 1.54) is 39.5 Å². The molecule has 2 heterocycles. The smallest absolute Gasteiger partial charge is 0.264 e. The Morgan fingerprint density at radius 2 is 1.69 bits per heavy atom. The van der Waals surface area contributed by atoms with Crippen LogP contribution in [0.5, 0.6) is 0 Å². The number of halogens is 1. The molecule has 0 bridgehead atoms. The maximum atomic E-state index is 14.1. The lowest BCUT2D eigenvalue weighted by molar-refractivity contribution is -0.114. The number of carbonyl (C=O) groups excluding carboxylic acids is 2. The van der Waals surface area contributed by atoms with Crippen molar-refractivity contribution >= 4 is 41.0 Å². The van der Waals surface area contributed by atoms with Crippen molar-refractivity contribution < 1.29 is 14.0 Å². The molecule has 2 amide bonds. The first-order valence-corrected chi connectivity index (χ1v) is 12.8. The summed E-state index contributed by atoms with van der Waals surface area (Å²) in [6.07, 6.45) is 1.58. The normalized spacial score (nSPS) is 16.9. The highest BCUT2D eigenvalue weighted by atomic mass is 32.2. The summed E-state index contributed by atoms with van der Waals surface area (Å²) in [5.41, 5.74) is 5.40. The van der Waals surface area contributed by atoms with Gasteiger partial charge in [-0.05, 0) is 61.4 Å². The van der Waals surface area contributed by atoms with Gasteiger partial charge in [0.05, 0.1) is 10.6 Å². The van der Waals surface area contributed by atoms with Crippen LogP contribution < -0.4 is 9.80 Å². The molecule has 3 aromatic rings. The van der Waals surface area contributed by atoms with E-state index in [2.05, 4.69) is 36.9 Å². The van der Waals surface area contributed by atoms with E-state index in [1.807, 2.05) is 17.0 Å². The predicted octanol–water partition coefficient (Wildman–Crippen LogP) is 5.51. The SMILES string of the molecule is Cc1cccc(N2CCN(C(=O)c3ccc4c(c3)N(C)C(=O)/C(=C\c3ccccc3F)S4)CC2)c1C. The Kier molecular flexibility index (Phi) is 6.58. The minimum absolute atomic E-state index is 0.0306. The van der Waals surface area contributed by atoms with Gasteiger partial charge >= 0.3 is 0 Å². The average molecular weight is 502 g/mol. The largest absolute Gasteiger partial charge is 0.368 e. The Bertz CT molecular complexity index is 1380. The molecule has 36 heavy (non-hydrogen) atoms. The van der Waals surface area contributed by atoms with Crippen LogP contribution in [0.3, 0.4) is 0 Å². The van der Waals surface area contributed by atoms with Gasteiger partial charge in [0.25, 0.3) is 11.8 Å². The number of nitrogens with zero attached hydrogens (tertiary/aromatic N) is 3. The number of aryl methyl sites for hydroxylation is 1. The Balaban J connectivity index is 1.32. The second kappa shape index (κ2) is 9.82. The molecule has 0 unspecified atom stereocenters. The molecular weight excluding hydrogens is 473 g/mol. The lowest BCUT2D eigenvalue weighted by Gasteiger charge is -2.37. The van der Waals surface area contributed by atoms with Crippen molar-refractivity contribution in [3.05, 3.63) is 93.6 Å². The zero-order valence-corrected chi connectivity index (χ0v) is 21.4. The van der Waals surface area contributed by atoms with Gasteiger partial charge < -0.3 is 14.7 Å². The van der Waals surface area contributed by atoms with Gasteiger partial charge in [-0.2, -0.15) is 0 Å². The van der Waals surface area contributed by atoms with Crippen LogP contribution in [0.15, 0.2) is 70.5 Å². The Morgan fingerprint density at radius 3 is 2.44 bits per heavy atom. The number of anilines is 2. The molecule has 0 radical (unpaired) electrons. The molecule has 2 aliphatic rings. The van der Waals surface area contributed by atoms with Crippen LogP contribution in [0.1, 0.15) is 27.0 Å². The first-order valence-electron chi connectivity index (χ1n) is 12.0. The van der Waals surface area contributed by atoms with Crippen LogP contribution in [-0.2, 0) is 4.79 Å². The number of carbonyl (C=O) groups is 2. The van der Waals surface area contributed by atoms with Crippen LogP contribution >= 0.6 is 11.8 Å². The summed E-state index contributed by atoms with van der Waals surface area (Å²) < 4.78 is 14.1. The van der Waals surface area contributed by atoms with Crippen molar-refractivity contribution in [2.24, 2.45) is 0 Å². The predicted molar refractivity (Wildman–Crippen MR) is 144 cm³/mol. The van der Waals surface area contributed by atoms with E-state index in [-0.39, 0.29) is 17.6 Å². The first kappa shape index (κ1) is 24.1. The van der Waals surface area contributed by atoms with Crippen molar-refractivity contribution in [1.82, 2.24) is 4.90 Å². The zero-order chi connectivity index (χ0) is 25.4. The van der Waals surface area contributed by atoms with Gasteiger partial charge in [0.15, 0.2) is 0 Å². The van der Waals surface area contributed by atoms with Crippen LogP contribution in [0.2, 0.25) is 0 Å². The molecule has 0 atom stereocenters. The second-order valence-corrected chi connectivity index (χ2v) is 10.3. The van der Waals surface area contributed by atoms with E-state index < -0.39 is 0 Å². The third-order valence-corrected chi connectivity index (χ3v) is 8.06. The Hall–Kier alpha value is -3.58. The number of fused-ring (bicyclic) bond motifs is 1. The number of thioether (sulfide) groups is 1. The zero-order valence-electron chi connectivity index (χ0n) is 20.6. The number of piperazine rings is 1. The lowest BCUT2D eigenvalue weighted by atomic mass is 10.1. The molecule has 0 saturated carbocycles. The third-order valence-electron chi connectivity index (χ3n) is 6.98. The van der Waals surface area contributed by atoms with Crippen molar-refractivity contribution in [2.45, 2.75) is 18.7 Å². The number of benzene rings is 3. The molecule has 3 aromatic carbocycles. The van der Waals surface area contributed by atoms with Crippen molar-refractivity contribution in [1.29, 1.82) is 0 Å². The monoisotopic (exact) mass is 501 g/mol. The number of likely N-dealkylation sites (N-methyl/N-ethyl adjacent to an activating group) is 1. The van der Waals surface area contributed by atoms with Gasteiger partial charge in [-0.1, -0.05) is 42.1 Å². The van der Waals surface area contributed by atoms with E-state index >= 15 is 0 Å². The van der Waals surface area contributed by atoms with Crippen molar-refractivity contribution in [3.8, 4) is 0 Å². The van der Waals surface area contributed by atoms with Crippen LogP contribution in [0.25, 0.3) is 6.08 Å². The van der Waals surface area contributed by atoms with Crippen molar-refractivity contribution in [2.75, 3.05) is 43.0 Å². The Morgan fingerprint density at radius 1 is 0.944 bits per heavy atom. The minimum Gasteiger partial charge on any atom is -0.368 e. The summed E-state index contributed by atoms with van der Waals surface area (Å²) in [5, 5.41) is 0. The van der Waals surface area contributed by atoms with E-state index in [0.717, 1.165) is 18.0 Å². The summed E-state index contributed by atoms with van der Waals surface area (Å²) in [7, 11) is 1.69. The van der Waals surface area contributed by atoms with Gasteiger partial charge in [-0.25, -0.2) is 4.39 Å². The van der Waals surface area contributed by atoms with Gasteiger partial charge in [-0.15, -0.1) is 0 Å². The van der Waals surface area contributed by atoms with Gasteiger partial charge in [0.2, 0.25) is 0 Å². The van der Waals surface area contributed by atoms with Crippen LogP contribution in [0.4, 0.5) is 15.8 Å². The molecule has 1 fully saturated rings. The van der Waals surface area contributed by atoms with Crippen LogP contribution in [-0.4, -0.2) is 49.9 Å². The fourth-order valence-corrected chi connectivity index (χ4v) is 5.75. The lowest BCUT2D eigenvalue weighted by Crippen LogP contribution is -2.49. The highest BCUT2D eigenvalue weighted by Gasteiger charge is 2.29. The van der Waals surface area contributed by atoms with E-state index in [1.54, 1.807) is 37.4 Å². The van der Waals surface area contributed by atoms with E-state index in [9.17, 15) is 14.0 Å². The van der Waals surface area contributed by atoms with E-state index in [0.29, 0.717) is 34.8 Å². The average Bonchev–Trinajstić information content (AvgIpc) is 2.89. The molecule has 5 rings (SSSR count). The number of rotatable bonds is 3.